The Kier molecular flexibility index (Phi) is 4.69. The summed E-state index contributed by atoms with van der Waals surface area (Å²) in [4.78, 5) is 17.2. The fourth-order valence-electron chi connectivity index (χ4n) is 2.60. The van der Waals surface area contributed by atoms with Gasteiger partial charge in [-0.05, 0) is 52.0 Å². The van der Waals surface area contributed by atoms with Gasteiger partial charge in [0.2, 0.25) is 0 Å². The van der Waals surface area contributed by atoms with E-state index >= 15 is 0 Å². The van der Waals surface area contributed by atoms with Crippen LogP contribution in [0.4, 0.5) is 10.6 Å². The summed E-state index contributed by atoms with van der Waals surface area (Å²) in [7, 11) is -4.21. The Bertz CT molecular complexity index is 1080. The molecule has 27 heavy (non-hydrogen) atoms. The predicted octanol–water partition coefficient (Wildman–Crippen LogP) is 3.77. The van der Waals surface area contributed by atoms with E-state index in [-0.39, 0.29) is 10.7 Å². The van der Waals surface area contributed by atoms with Gasteiger partial charge < -0.3 is 9.14 Å². The average molecular weight is 387 g/mol. The van der Waals surface area contributed by atoms with Gasteiger partial charge in [0.1, 0.15) is 11.2 Å². The summed E-state index contributed by atoms with van der Waals surface area (Å²) >= 11 is 0. The minimum Gasteiger partial charge on any atom is -0.443 e. The van der Waals surface area contributed by atoms with E-state index < -0.39 is 21.7 Å². The molecular weight excluding hydrogens is 366 g/mol. The lowest BCUT2D eigenvalue weighted by molar-refractivity contribution is 0.0608. The summed E-state index contributed by atoms with van der Waals surface area (Å²) in [6.07, 6.45) is 0.752. The van der Waals surface area contributed by atoms with Gasteiger partial charge in [0.05, 0.1) is 10.6 Å². The van der Waals surface area contributed by atoms with Crippen LogP contribution in [0.25, 0.3) is 5.65 Å². The van der Waals surface area contributed by atoms with Gasteiger partial charge in [-0.1, -0.05) is 24.3 Å². The topological polar surface area (TPSA) is 81.0 Å². The highest BCUT2D eigenvalue weighted by Crippen LogP contribution is 2.29. The number of ether oxygens (including phenoxy) is 1. The van der Waals surface area contributed by atoms with Crippen molar-refractivity contribution in [3.05, 3.63) is 60.4 Å². The lowest BCUT2D eigenvalue weighted by Gasteiger charge is -2.26. The lowest BCUT2D eigenvalue weighted by atomic mass is 10.2. The van der Waals surface area contributed by atoms with Crippen LogP contribution in [0.5, 0.6) is 0 Å². The van der Waals surface area contributed by atoms with E-state index in [1.807, 2.05) is 0 Å². The van der Waals surface area contributed by atoms with Crippen molar-refractivity contribution in [1.82, 2.24) is 9.38 Å². The van der Waals surface area contributed by atoms with E-state index in [1.165, 1.54) is 12.1 Å². The number of sulfonamides is 1. The second-order valence-corrected chi connectivity index (χ2v) is 8.80. The number of hydrogen-bond acceptors (Lipinski definition) is 5. The zero-order chi connectivity index (χ0) is 19.8. The van der Waals surface area contributed by atoms with Crippen LogP contribution in [-0.4, -0.2) is 29.5 Å². The van der Waals surface area contributed by atoms with Crippen molar-refractivity contribution in [1.29, 1.82) is 0 Å². The third-order valence-electron chi connectivity index (χ3n) is 3.78. The van der Waals surface area contributed by atoms with E-state index in [0.29, 0.717) is 15.6 Å². The van der Waals surface area contributed by atoms with E-state index in [9.17, 15) is 13.2 Å². The second-order valence-electron chi connectivity index (χ2n) is 7.01. The number of anilines is 1. The van der Waals surface area contributed by atoms with Crippen LogP contribution in [0.1, 0.15) is 26.5 Å². The molecule has 0 fully saturated rings. The Labute approximate surface area is 158 Å². The Balaban J connectivity index is 2.21. The summed E-state index contributed by atoms with van der Waals surface area (Å²) in [5.41, 5.74) is 0.173. The highest BCUT2D eigenvalue weighted by Gasteiger charge is 2.37. The molecule has 1 amide bonds. The van der Waals surface area contributed by atoms with Crippen LogP contribution in [0.15, 0.2) is 59.6 Å². The third kappa shape index (κ3) is 3.66. The number of carbonyl (C=O) groups excluding carboxylic acids is 1. The Morgan fingerprint density at radius 1 is 1.07 bits per heavy atom. The SMILES string of the molecule is Cc1c(N(C(=O)OC(C)(C)C)S(=O)(=O)c2ccccc2)nc2ccccn12. The zero-order valence-corrected chi connectivity index (χ0v) is 16.4. The molecule has 0 radical (unpaired) electrons. The van der Waals surface area contributed by atoms with Gasteiger partial charge in [0.25, 0.3) is 10.0 Å². The molecule has 3 rings (SSSR count). The van der Waals surface area contributed by atoms with Crippen LogP contribution >= 0.6 is 0 Å². The Morgan fingerprint density at radius 3 is 2.30 bits per heavy atom. The fraction of sp³-hybridized carbons (Fsp3) is 0.263. The number of amides is 1. The molecule has 3 aromatic rings. The van der Waals surface area contributed by atoms with E-state index in [2.05, 4.69) is 4.98 Å². The number of nitrogens with zero attached hydrogens (tertiary/aromatic N) is 3. The third-order valence-corrected chi connectivity index (χ3v) is 5.45. The molecule has 0 atom stereocenters. The van der Waals surface area contributed by atoms with Crippen molar-refractivity contribution >= 4 is 27.6 Å². The first-order chi connectivity index (χ1) is 12.6. The summed E-state index contributed by atoms with van der Waals surface area (Å²) in [6, 6.07) is 13.1. The van der Waals surface area contributed by atoms with Crippen LogP contribution in [0.3, 0.4) is 0 Å². The number of aryl methyl sites for hydroxylation is 1. The number of pyridine rings is 1. The monoisotopic (exact) mass is 387 g/mol. The molecule has 142 valence electrons. The molecule has 0 saturated heterocycles. The number of aromatic nitrogens is 2. The van der Waals surface area contributed by atoms with Gasteiger partial charge in [0.15, 0.2) is 5.82 Å². The average Bonchev–Trinajstić information content (AvgIpc) is 2.91. The number of fused-ring (bicyclic) bond motifs is 1. The molecule has 0 aliphatic carbocycles. The number of hydrogen-bond donors (Lipinski definition) is 0. The number of imidazole rings is 1. The van der Waals surface area contributed by atoms with Crippen molar-refractivity contribution in [3.8, 4) is 0 Å². The van der Waals surface area contributed by atoms with Gasteiger partial charge in [-0.2, -0.15) is 0 Å². The van der Waals surface area contributed by atoms with Gasteiger partial charge in [-0.15, -0.1) is 4.31 Å². The molecule has 7 nitrogen and oxygen atoms in total. The molecule has 2 heterocycles. The minimum atomic E-state index is -4.21. The summed E-state index contributed by atoms with van der Waals surface area (Å²) in [5.74, 6) is 0.0132. The molecule has 0 bridgehead atoms. The normalized spacial score (nSPS) is 12.1. The quantitative estimate of drug-likeness (QED) is 0.683. The van der Waals surface area contributed by atoms with Crippen molar-refractivity contribution in [2.45, 2.75) is 38.2 Å². The largest absolute Gasteiger partial charge is 0.443 e. The number of rotatable bonds is 3. The van der Waals surface area contributed by atoms with Crippen molar-refractivity contribution in [2.24, 2.45) is 0 Å². The van der Waals surface area contributed by atoms with Crippen LogP contribution in [0.2, 0.25) is 0 Å². The Hall–Kier alpha value is -2.87. The molecule has 0 aliphatic heterocycles. The van der Waals surface area contributed by atoms with E-state index in [4.69, 9.17) is 4.74 Å². The lowest BCUT2D eigenvalue weighted by Crippen LogP contribution is -2.41. The van der Waals surface area contributed by atoms with Crippen molar-refractivity contribution in [3.63, 3.8) is 0 Å². The predicted molar refractivity (Wildman–Crippen MR) is 102 cm³/mol. The van der Waals surface area contributed by atoms with Crippen LogP contribution in [-0.2, 0) is 14.8 Å². The van der Waals surface area contributed by atoms with E-state index in [0.717, 1.165) is 0 Å². The molecule has 0 spiro atoms. The maximum atomic E-state index is 13.3. The molecule has 0 saturated carbocycles. The van der Waals surface area contributed by atoms with Crippen molar-refractivity contribution in [2.75, 3.05) is 4.31 Å². The van der Waals surface area contributed by atoms with Crippen LogP contribution in [0, 0.1) is 6.92 Å². The fourth-order valence-corrected chi connectivity index (χ4v) is 3.94. The highest BCUT2D eigenvalue weighted by atomic mass is 32.2. The Morgan fingerprint density at radius 2 is 1.70 bits per heavy atom. The second kappa shape index (κ2) is 6.70. The molecule has 0 N–H and O–H groups in total. The number of carbonyl (C=O) groups is 1. The van der Waals surface area contributed by atoms with E-state index in [1.54, 1.807) is 74.7 Å². The standard InChI is InChI=1S/C19H21N3O4S/c1-14-17(20-16-12-8-9-13-21(14)16)22(18(23)26-19(2,3)4)27(24,25)15-10-6-5-7-11-15/h5-13H,1-4H3. The smallest absolute Gasteiger partial charge is 0.430 e. The van der Waals surface area contributed by atoms with Crippen molar-refractivity contribution < 1.29 is 17.9 Å². The first-order valence-corrected chi connectivity index (χ1v) is 9.82. The molecule has 2 aromatic heterocycles. The highest BCUT2D eigenvalue weighted by molar-refractivity contribution is 7.93. The molecule has 0 aliphatic rings. The first kappa shape index (κ1) is 18.9. The van der Waals surface area contributed by atoms with Gasteiger partial charge in [-0.3, -0.25) is 0 Å². The maximum Gasteiger partial charge on any atom is 0.430 e. The number of benzene rings is 1. The molecule has 1 aromatic carbocycles. The molecule has 8 heteroatoms. The zero-order valence-electron chi connectivity index (χ0n) is 15.6. The van der Waals surface area contributed by atoms with Gasteiger partial charge in [0, 0.05) is 6.20 Å². The van der Waals surface area contributed by atoms with Gasteiger partial charge in [-0.25, -0.2) is 18.2 Å². The summed E-state index contributed by atoms with van der Waals surface area (Å²) in [5, 5.41) is 0. The molecular formula is C19H21N3O4S. The summed E-state index contributed by atoms with van der Waals surface area (Å²) in [6.45, 7) is 6.73. The van der Waals surface area contributed by atoms with Gasteiger partial charge >= 0.3 is 6.09 Å². The maximum absolute atomic E-state index is 13.3. The summed E-state index contributed by atoms with van der Waals surface area (Å²) < 4.78 is 34.3. The van der Waals surface area contributed by atoms with Crippen LogP contribution < -0.4 is 4.31 Å². The minimum absolute atomic E-state index is 0.0132. The molecule has 0 unspecified atom stereocenters. The first-order valence-electron chi connectivity index (χ1n) is 8.38.